The standard InChI is InChI=1S/C16H18Cl2N4O3S3/c1-28(24,25)22-7-5-10(6-8-22)14(23)19-15-20-21-16(27-15)26-9-11-12(17)3-2-4-13(11)18/h2-4,10H,5-9H2,1H3,(H,19,20,23). The van der Waals surface area contributed by atoms with Gasteiger partial charge in [-0.2, -0.15) is 0 Å². The molecule has 1 amide bonds. The number of piperidine rings is 1. The van der Waals surface area contributed by atoms with Gasteiger partial charge in [-0.05, 0) is 30.5 Å². The number of halogens is 2. The molecule has 0 spiro atoms. The third kappa shape index (κ3) is 5.58. The molecule has 1 fully saturated rings. The van der Waals surface area contributed by atoms with E-state index in [1.807, 2.05) is 0 Å². The highest BCUT2D eigenvalue weighted by Gasteiger charge is 2.29. The molecule has 0 bridgehead atoms. The smallest absolute Gasteiger partial charge is 0.229 e. The molecule has 1 aliphatic heterocycles. The monoisotopic (exact) mass is 480 g/mol. The van der Waals surface area contributed by atoms with Crippen LogP contribution in [0, 0.1) is 5.92 Å². The van der Waals surface area contributed by atoms with Crippen LogP contribution in [0.3, 0.4) is 0 Å². The van der Waals surface area contributed by atoms with E-state index in [-0.39, 0.29) is 11.8 Å². The zero-order chi connectivity index (χ0) is 20.3. The molecule has 1 N–H and O–H groups in total. The minimum atomic E-state index is -3.21. The maximum Gasteiger partial charge on any atom is 0.229 e. The lowest BCUT2D eigenvalue weighted by atomic mass is 9.97. The molecule has 0 aliphatic carbocycles. The van der Waals surface area contributed by atoms with Crippen molar-refractivity contribution in [3.05, 3.63) is 33.8 Å². The molecule has 7 nitrogen and oxygen atoms in total. The first-order chi connectivity index (χ1) is 13.2. The summed E-state index contributed by atoms with van der Waals surface area (Å²) < 4.78 is 25.2. The van der Waals surface area contributed by atoms with Gasteiger partial charge in [-0.3, -0.25) is 4.79 Å². The Hall–Kier alpha value is -0.910. The van der Waals surface area contributed by atoms with Crippen LogP contribution >= 0.6 is 46.3 Å². The van der Waals surface area contributed by atoms with E-state index in [0.717, 1.165) is 5.56 Å². The Morgan fingerprint density at radius 2 is 1.93 bits per heavy atom. The number of benzene rings is 1. The van der Waals surface area contributed by atoms with E-state index in [1.165, 1.54) is 33.7 Å². The molecular weight excluding hydrogens is 463 g/mol. The number of hydrogen-bond donors (Lipinski definition) is 1. The zero-order valence-electron chi connectivity index (χ0n) is 14.9. The summed E-state index contributed by atoms with van der Waals surface area (Å²) in [6, 6.07) is 5.35. The number of carbonyl (C=O) groups excluding carboxylic acids is 1. The van der Waals surface area contributed by atoms with Gasteiger partial charge in [0.05, 0.1) is 6.26 Å². The number of carbonyl (C=O) groups is 1. The molecule has 12 heteroatoms. The van der Waals surface area contributed by atoms with Crippen LogP contribution in [0.25, 0.3) is 0 Å². The molecule has 0 saturated carbocycles. The van der Waals surface area contributed by atoms with E-state index in [2.05, 4.69) is 15.5 Å². The van der Waals surface area contributed by atoms with E-state index in [0.29, 0.717) is 51.2 Å². The molecule has 0 radical (unpaired) electrons. The third-order valence-corrected chi connectivity index (χ3v) is 8.34. The van der Waals surface area contributed by atoms with Crippen LogP contribution in [0.15, 0.2) is 22.5 Å². The van der Waals surface area contributed by atoms with Crippen LogP contribution in [0.1, 0.15) is 18.4 Å². The summed E-state index contributed by atoms with van der Waals surface area (Å²) in [5.41, 5.74) is 0.828. The first-order valence-electron chi connectivity index (χ1n) is 8.39. The van der Waals surface area contributed by atoms with Crippen molar-refractivity contribution in [1.82, 2.24) is 14.5 Å². The highest BCUT2D eigenvalue weighted by atomic mass is 35.5. The van der Waals surface area contributed by atoms with Crippen molar-refractivity contribution in [2.75, 3.05) is 24.7 Å². The topological polar surface area (TPSA) is 92.3 Å². The summed E-state index contributed by atoms with van der Waals surface area (Å²) in [6.45, 7) is 0.708. The van der Waals surface area contributed by atoms with Crippen LogP contribution in [0.4, 0.5) is 5.13 Å². The number of rotatable bonds is 6. The first-order valence-corrected chi connectivity index (χ1v) is 12.8. The molecule has 0 atom stereocenters. The molecule has 2 heterocycles. The van der Waals surface area contributed by atoms with Crippen molar-refractivity contribution < 1.29 is 13.2 Å². The molecule has 3 rings (SSSR count). The van der Waals surface area contributed by atoms with Crippen LogP contribution in [-0.2, 0) is 20.6 Å². The quantitative estimate of drug-likeness (QED) is 0.499. The fourth-order valence-electron chi connectivity index (χ4n) is 2.78. The number of thioether (sulfide) groups is 1. The van der Waals surface area contributed by atoms with Gasteiger partial charge in [0.25, 0.3) is 0 Å². The lowest BCUT2D eigenvalue weighted by Gasteiger charge is -2.29. The minimum absolute atomic E-state index is 0.157. The zero-order valence-corrected chi connectivity index (χ0v) is 18.9. The third-order valence-electron chi connectivity index (χ3n) is 4.33. The van der Waals surface area contributed by atoms with Crippen LogP contribution < -0.4 is 5.32 Å². The Balaban J connectivity index is 1.53. The van der Waals surface area contributed by atoms with Gasteiger partial charge in [-0.15, -0.1) is 10.2 Å². The highest BCUT2D eigenvalue weighted by Crippen LogP contribution is 2.34. The molecule has 1 saturated heterocycles. The second-order valence-electron chi connectivity index (χ2n) is 6.29. The molecule has 28 heavy (non-hydrogen) atoms. The van der Waals surface area contributed by atoms with Gasteiger partial charge in [0.1, 0.15) is 0 Å². The Morgan fingerprint density at radius 3 is 2.54 bits per heavy atom. The second-order valence-corrected chi connectivity index (χ2v) is 11.3. The van der Waals surface area contributed by atoms with Gasteiger partial charge in [0.15, 0.2) is 4.34 Å². The first kappa shape index (κ1) is 21.8. The van der Waals surface area contributed by atoms with E-state index in [9.17, 15) is 13.2 Å². The van der Waals surface area contributed by atoms with Crippen LogP contribution in [-0.4, -0.2) is 48.2 Å². The molecule has 2 aromatic rings. The summed E-state index contributed by atoms with van der Waals surface area (Å²) in [5.74, 6) is 0.153. The molecule has 0 unspecified atom stereocenters. The van der Waals surface area contributed by atoms with E-state index in [1.54, 1.807) is 18.2 Å². The largest absolute Gasteiger partial charge is 0.300 e. The average Bonchev–Trinajstić information content (AvgIpc) is 3.08. The van der Waals surface area contributed by atoms with Gasteiger partial charge >= 0.3 is 0 Å². The summed E-state index contributed by atoms with van der Waals surface area (Å²) >= 11 is 15.0. The molecule has 1 aliphatic rings. The predicted molar refractivity (Wildman–Crippen MR) is 114 cm³/mol. The summed E-state index contributed by atoms with van der Waals surface area (Å²) in [4.78, 5) is 12.4. The highest BCUT2D eigenvalue weighted by molar-refractivity contribution is 8.00. The molecule has 152 valence electrons. The van der Waals surface area contributed by atoms with E-state index in [4.69, 9.17) is 23.2 Å². The van der Waals surface area contributed by atoms with Gasteiger partial charge < -0.3 is 5.32 Å². The molecular formula is C16H18Cl2N4O3S3. The molecule has 1 aromatic carbocycles. The van der Waals surface area contributed by atoms with Gasteiger partial charge in [-0.25, -0.2) is 12.7 Å². The van der Waals surface area contributed by atoms with Crippen molar-refractivity contribution in [3.8, 4) is 0 Å². The second kappa shape index (κ2) is 9.27. The fourth-order valence-corrected chi connectivity index (χ4v) is 6.15. The van der Waals surface area contributed by atoms with Gasteiger partial charge in [-0.1, -0.05) is 52.4 Å². The fraction of sp³-hybridized carbons (Fsp3) is 0.438. The van der Waals surface area contributed by atoms with Crippen molar-refractivity contribution in [1.29, 1.82) is 0 Å². The van der Waals surface area contributed by atoms with Crippen molar-refractivity contribution >= 4 is 67.4 Å². The Bertz CT molecular complexity index is 940. The van der Waals surface area contributed by atoms with Gasteiger partial charge in [0.2, 0.25) is 21.1 Å². The Labute approximate surface area is 181 Å². The predicted octanol–water partition coefficient (Wildman–Crippen LogP) is 3.75. The van der Waals surface area contributed by atoms with Gasteiger partial charge in [0, 0.05) is 34.8 Å². The number of aromatic nitrogens is 2. The molecule has 1 aromatic heterocycles. The minimum Gasteiger partial charge on any atom is -0.300 e. The average molecular weight is 481 g/mol. The van der Waals surface area contributed by atoms with Crippen molar-refractivity contribution in [2.24, 2.45) is 5.92 Å². The van der Waals surface area contributed by atoms with Crippen LogP contribution in [0.2, 0.25) is 10.0 Å². The van der Waals surface area contributed by atoms with Crippen LogP contribution in [0.5, 0.6) is 0 Å². The SMILES string of the molecule is CS(=O)(=O)N1CCC(C(=O)Nc2nnc(SCc3c(Cl)cccc3Cl)s2)CC1. The summed E-state index contributed by atoms with van der Waals surface area (Å²) in [5, 5.41) is 12.5. The maximum atomic E-state index is 12.4. The normalized spacial score (nSPS) is 16.2. The van der Waals surface area contributed by atoms with Crippen molar-refractivity contribution in [3.63, 3.8) is 0 Å². The lowest BCUT2D eigenvalue weighted by molar-refractivity contribution is -0.120. The summed E-state index contributed by atoms with van der Waals surface area (Å²) in [6.07, 6.45) is 2.16. The Kier molecular flexibility index (Phi) is 7.21. The van der Waals surface area contributed by atoms with E-state index >= 15 is 0 Å². The van der Waals surface area contributed by atoms with E-state index < -0.39 is 10.0 Å². The number of nitrogens with zero attached hydrogens (tertiary/aromatic N) is 3. The number of sulfonamides is 1. The number of nitrogens with one attached hydrogen (secondary N) is 1. The number of amides is 1. The number of hydrogen-bond acceptors (Lipinski definition) is 7. The summed E-state index contributed by atoms with van der Waals surface area (Å²) in [7, 11) is -3.21. The number of anilines is 1. The lowest BCUT2D eigenvalue weighted by Crippen LogP contribution is -2.40. The van der Waals surface area contributed by atoms with Crippen molar-refractivity contribution in [2.45, 2.75) is 22.9 Å². The maximum absolute atomic E-state index is 12.4. The Morgan fingerprint density at radius 1 is 1.29 bits per heavy atom.